The first-order valence-electron chi connectivity index (χ1n) is 9.61. The molecule has 2 atom stereocenters. The average molecular weight is 368 g/mol. The van der Waals surface area contributed by atoms with Gasteiger partial charge in [-0.25, -0.2) is 4.79 Å². The second-order valence-electron chi connectivity index (χ2n) is 8.18. The Morgan fingerprint density at radius 1 is 1.08 bits per heavy atom. The van der Waals surface area contributed by atoms with E-state index in [-0.39, 0.29) is 0 Å². The van der Waals surface area contributed by atoms with Gasteiger partial charge in [0.15, 0.2) is 6.29 Å². The van der Waals surface area contributed by atoms with Crippen LogP contribution in [0.5, 0.6) is 0 Å². The molecule has 2 heterocycles. The Morgan fingerprint density at radius 3 is 2.23 bits per heavy atom. The highest BCUT2D eigenvalue weighted by atomic mass is 16.7. The standard InChI is InChI=1S/C19H32N2O5/c1-5-25-20-9-6-14(7-10-20)15-8-11-21(16(12-15)17(23)13-22)18(24)26-19(2,3)4/h13-16H,5-12H2,1-4H3. The molecule has 1 amide bonds. The summed E-state index contributed by atoms with van der Waals surface area (Å²) in [5.74, 6) is 0.299. The molecule has 0 aromatic rings. The van der Waals surface area contributed by atoms with Gasteiger partial charge in [-0.15, -0.1) is 0 Å². The van der Waals surface area contributed by atoms with Crippen molar-refractivity contribution in [3.63, 3.8) is 0 Å². The number of carbonyl (C=O) groups is 3. The highest BCUT2D eigenvalue weighted by Crippen LogP contribution is 2.35. The fourth-order valence-electron chi connectivity index (χ4n) is 3.97. The lowest BCUT2D eigenvalue weighted by atomic mass is 9.76. The molecule has 7 nitrogen and oxygen atoms in total. The molecule has 7 heteroatoms. The molecule has 2 aliphatic rings. The summed E-state index contributed by atoms with van der Waals surface area (Å²) in [6.45, 7) is 10.3. The van der Waals surface area contributed by atoms with E-state index in [1.165, 1.54) is 4.90 Å². The number of ketones is 1. The lowest BCUT2D eigenvalue weighted by Gasteiger charge is -2.43. The molecule has 26 heavy (non-hydrogen) atoms. The summed E-state index contributed by atoms with van der Waals surface area (Å²) in [6.07, 6.45) is 3.22. The van der Waals surface area contributed by atoms with E-state index in [0.717, 1.165) is 32.4 Å². The molecule has 0 radical (unpaired) electrons. The topological polar surface area (TPSA) is 76.2 Å². The van der Waals surface area contributed by atoms with Crippen LogP contribution >= 0.6 is 0 Å². The molecule has 0 N–H and O–H groups in total. The summed E-state index contributed by atoms with van der Waals surface area (Å²) in [4.78, 5) is 42.7. The van der Waals surface area contributed by atoms with E-state index < -0.39 is 23.5 Å². The Balaban J connectivity index is 2.00. The second-order valence-corrected chi connectivity index (χ2v) is 8.18. The Kier molecular flexibility index (Phi) is 7.17. The number of hydrogen-bond acceptors (Lipinski definition) is 6. The molecular weight excluding hydrogens is 336 g/mol. The van der Waals surface area contributed by atoms with Crippen molar-refractivity contribution < 1.29 is 24.0 Å². The van der Waals surface area contributed by atoms with Gasteiger partial charge in [-0.2, -0.15) is 5.06 Å². The number of rotatable bonds is 5. The van der Waals surface area contributed by atoms with E-state index in [9.17, 15) is 14.4 Å². The van der Waals surface area contributed by atoms with Gasteiger partial charge >= 0.3 is 6.09 Å². The predicted octanol–water partition coefficient (Wildman–Crippen LogP) is 2.43. The maximum Gasteiger partial charge on any atom is 0.410 e. The Bertz CT molecular complexity index is 509. The van der Waals surface area contributed by atoms with Crippen molar-refractivity contribution in [2.45, 2.75) is 65.0 Å². The molecule has 0 aromatic heterocycles. The van der Waals surface area contributed by atoms with Gasteiger partial charge in [-0.3, -0.25) is 19.3 Å². The quantitative estimate of drug-likeness (QED) is 0.548. The van der Waals surface area contributed by atoms with E-state index in [1.54, 1.807) is 20.8 Å². The zero-order valence-corrected chi connectivity index (χ0v) is 16.4. The lowest BCUT2D eigenvalue weighted by molar-refractivity contribution is -0.173. The van der Waals surface area contributed by atoms with E-state index >= 15 is 0 Å². The van der Waals surface area contributed by atoms with Gasteiger partial charge in [-0.1, -0.05) is 0 Å². The number of ether oxygens (including phenoxy) is 1. The van der Waals surface area contributed by atoms with Crippen LogP contribution in [0, 0.1) is 11.8 Å². The van der Waals surface area contributed by atoms with E-state index in [0.29, 0.717) is 37.7 Å². The second kappa shape index (κ2) is 8.95. The zero-order chi connectivity index (χ0) is 19.3. The van der Waals surface area contributed by atoms with Crippen molar-refractivity contribution in [3.8, 4) is 0 Å². The fraction of sp³-hybridized carbons (Fsp3) is 0.842. The number of piperidine rings is 2. The van der Waals surface area contributed by atoms with Crippen LogP contribution in [0.2, 0.25) is 0 Å². The molecule has 0 aliphatic carbocycles. The van der Waals surface area contributed by atoms with Crippen molar-refractivity contribution in [3.05, 3.63) is 0 Å². The van der Waals surface area contributed by atoms with Crippen LogP contribution in [0.1, 0.15) is 53.4 Å². The minimum atomic E-state index is -0.703. The number of likely N-dealkylation sites (tertiary alicyclic amines) is 1. The SMILES string of the molecule is CCON1CCC(C2CCN(C(=O)OC(C)(C)C)C(C(=O)C=O)C2)CC1. The van der Waals surface area contributed by atoms with Crippen LogP contribution in [0.15, 0.2) is 0 Å². The highest BCUT2D eigenvalue weighted by molar-refractivity contribution is 6.27. The molecule has 0 saturated carbocycles. The first kappa shape index (κ1) is 20.8. The van der Waals surface area contributed by atoms with Crippen LogP contribution in [-0.4, -0.2) is 66.0 Å². The monoisotopic (exact) mass is 368 g/mol. The van der Waals surface area contributed by atoms with Crippen molar-refractivity contribution in [2.24, 2.45) is 11.8 Å². The summed E-state index contributed by atoms with van der Waals surface area (Å²) < 4.78 is 5.42. The molecule has 2 unspecified atom stereocenters. The molecule has 148 valence electrons. The van der Waals surface area contributed by atoms with Crippen LogP contribution < -0.4 is 0 Å². The zero-order valence-electron chi connectivity index (χ0n) is 16.4. The van der Waals surface area contributed by atoms with Gasteiger partial charge in [-0.05, 0) is 65.2 Å². The number of hydroxylamine groups is 2. The summed E-state index contributed by atoms with van der Waals surface area (Å²) in [6, 6.07) is -0.703. The van der Waals surface area contributed by atoms with Gasteiger partial charge in [0, 0.05) is 19.6 Å². The summed E-state index contributed by atoms with van der Waals surface area (Å²) in [5.41, 5.74) is -0.630. The van der Waals surface area contributed by atoms with E-state index in [1.807, 2.05) is 12.0 Å². The summed E-state index contributed by atoms with van der Waals surface area (Å²) in [7, 11) is 0. The lowest BCUT2D eigenvalue weighted by Crippen LogP contribution is -2.53. The Labute approximate surface area is 155 Å². The Hall–Kier alpha value is -1.47. The van der Waals surface area contributed by atoms with Crippen molar-refractivity contribution in [1.82, 2.24) is 9.96 Å². The maximum absolute atomic E-state index is 12.5. The van der Waals surface area contributed by atoms with E-state index in [2.05, 4.69) is 0 Å². The minimum absolute atomic E-state index is 0.335. The first-order valence-corrected chi connectivity index (χ1v) is 9.61. The number of hydrogen-bond donors (Lipinski definition) is 0. The third-order valence-electron chi connectivity index (χ3n) is 5.19. The smallest absolute Gasteiger partial charge is 0.410 e. The Morgan fingerprint density at radius 2 is 1.69 bits per heavy atom. The number of carbonyl (C=O) groups excluding carboxylic acids is 3. The minimum Gasteiger partial charge on any atom is -0.444 e. The predicted molar refractivity (Wildman–Crippen MR) is 96.4 cm³/mol. The van der Waals surface area contributed by atoms with Crippen LogP contribution in [0.4, 0.5) is 4.79 Å². The molecule has 0 bridgehead atoms. The number of Topliss-reactive ketones (excluding diaryl/α,β-unsaturated/α-hetero) is 1. The largest absolute Gasteiger partial charge is 0.444 e. The molecule has 2 fully saturated rings. The van der Waals surface area contributed by atoms with Crippen LogP contribution in [-0.2, 0) is 19.2 Å². The van der Waals surface area contributed by atoms with Gasteiger partial charge < -0.3 is 4.74 Å². The van der Waals surface area contributed by atoms with Crippen molar-refractivity contribution in [1.29, 1.82) is 0 Å². The molecule has 0 spiro atoms. The highest BCUT2D eigenvalue weighted by Gasteiger charge is 2.40. The number of nitrogens with zero attached hydrogens (tertiary/aromatic N) is 2. The average Bonchev–Trinajstić information content (AvgIpc) is 2.60. The molecular formula is C19H32N2O5. The van der Waals surface area contributed by atoms with Crippen molar-refractivity contribution in [2.75, 3.05) is 26.2 Å². The molecule has 2 aliphatic heterocycles. The summed E-state index contributed by atoms with van der Waals surface area (Å²) >= 11 is 0. The molecule has 0 aromatic carbocycles. The molecule has 2 saturated heterocycles. The first-order chi connectivity index (χ1) is 12.2. The third-order valence-corrected chi connectivity index (χ3v) is 5.19. The van der Waals surface area contributed by atoms with E-state index in [4.69, 9.17) is 9.57 Å². The normalized spacial score (nSPS) is 25.8. The maximum atomic E-state index is 12.5. The fourth-order valence-corrected chi connectivity index (χ4v) is 3.97. The number of amides is 1. The molecule has 2 rings (SSSR count). The van der Waals surface area contributed by atoms with Gasteiger partial charge in [0.25, 0.3) is 0 Å². The number of aldehydes is 1. The van der Waals surface area contributed by atoms with Gasteiger partial charge in [0.1, 0.15) is 11.6 Å². The third kappa shape index (κ3) is 5.51. The summed E-state index contributed by atoms with van der Waals surface area (Å²) in [5, 5.41) is 2.00. The van der Waals surface area contributed by atoms with Crippen LogP contribution in [0.3, 0.4) is 0 Å². The van der Waals surface area contributed by atoms with Gasteiger partial charge in [0.05, 0.1) is 6.61 Å². The van der Waals surface area contributed by atoms with Crippen LogP contribution in [0.25, 0.3) is 0 Å². The van der Waals surface area contributed by atoms with Crippen molar-refractivity contribution >= 4 is 18.2 Å². The van der Waals surface area contributed by atoms with Gasteiger partial charge in [0.2, 0.25) is 5.78 Å².